The Labute approximate surface area is 119 Å². The Morgan fingerprint density at radius 3 is 2.00 bits per heavy atom. The normalized spacial score (nSPS) is 15.1. The summed E-state index contributed by atoms with van der Waals surface area (Å²) in [6.45, 7) is 12.2. The fraction of sp³-hybridized carbons (Fsp3) is 0.533. The second-order valence-electron chi connectivity index (χ2n) is 4.89. The van der Waals surface area contributed by atoms with Gasteiger partial charge in [0, 0.05) is 11.5 Å². The van der Waals surface area contributed by atoms with Crippen molar-refractivity contribution < 1.29 is 0 Å². The van der Waals surface area contributed by atoms with Crippen molar-refractivity contribution in [2.75, 3.05) is 12.3 Å². The average Bonchev–Trinajstić information content (AvgIpc) is 2.87. The molecule has 1 aromatic carbocycles. The summed E-state index contributed by atoms with van der Waals surface area (Å²) in [6.07, 6.45) is 0. The predicted octanol–water partition coefficient (Wildman–Crippen LogP) is 4.56. The zero-order chi connectivity index (χ0) is 13.3. The molecule has 0 atom stereocenters. The molecular weight excluding hydrogens is 258 g/mol. The third-order valence-corrected chi connectivity index (χ3v) is 6.33. The van der Waals surface area contributed by atoms with Gasteiger partial charge in [-0.15, -0.1) is 0 Å². The lowest BCUT2D eigenvalue weighted by atomic mass is 9.90. The van der Waals surface area contributed by atoms with Crippen LogP contribution in [0.25, 0.3) is 0 Å². The van der Waals surface area contributed by atoms with Gasteiger partial charge in [-0.1, -0.05) is 23.5 Å². The van der Waals surface area contributed by atoms with Crippen LogP contribution < -0.4 is 0 Å². The van der Waals surface area contributed by atoms with E-state index in [0.29, 0.717) is 0 Å². The fourth-order valence-corrected chi connectivity index (χ4v) is 4.51. The Balaban J connectivity index is 2.27. The van der Waals surface area contributed by atoms with Gasteiger partial charge in [0.2, 0.25) is 0 Å². The first kappa shape index (κ1) is 14.0. The van der Waals surface area contributed by atoms with Crippen molar-refractivity contribution in [3.05, 3.63) is 33.4 Å². The monoisotopic (exact) mass is 279 g/mol. The minimum atomic E-state index is 0.997. The summed E-state index contributed by atoms with van der Waals surface area (Å²) in [5.41, 5.74) is 8.80. The average molecular weight is 279 g/mol. The molecule has 1 nitrogen and oxygen atoms in total. The molecule has 0 saturated carbocycles. The molecule has 3 heteroatoms. The van der Waals surface area contributed by atoms with E-state index in [1.807, 2.05) is 23.5 Å². The second kappa shape index (κ2) is 5.70. The van der Waals surface area contributed by atoms with Crippen LogP contribution in [0.15, 0.2) is 4.99 Å². The molecule has 0 saturated heterocycles. The number of hydrogen-bond acceptors (Lipinski definition) is 3. The van der Waals surface area contributed by atoms with Gasteiger partial charge in [0.05, 0.1) is 6.54 Å². The van der Waals surface area contributed by atoms with Gasteiger partial charge >= 0.3 is 0 Å². The SMILES string of the molecule is Cc1c(C)c(C)c(CSC2=NCCS2)c(C)c1C. The van der Waals surface area contributed by atoms with Crippen LogP contribution in [-0.4, -0.2) is 16.7 Å². The van der Waals surface area contributed by atoms with Crippen molar-refractivity contribution in [3.63, 3.8) is 0 Å². The van der Waals surface area contributed by atoms with E-state index in [9.17, 15) is 0 Å². The summed E-state index contributed by atoms with van der Waals surface area (Å²) in [5.74, 6) is 2.22. The molecule has 0 fully saturated rings. The zero-order valence-electron chi connectivity index (χ0n) is 11.9. The number of benzene rings is 1. The number of aliphatic imine (C=N–C) groups is 1. The Morgan fingerprint density at radius 2 is 1.50 bits per heavy atom. The highest BCUT2D eigenvalue weighted by atomic mass is 32.2. The topological polar surface area (TPSA) is 12.4 Å². The molecule has 18 heavy (non-hydrogen) atoms. The minimum Gasteiger partial charge on any atom is -0.271 e. The van der Waals surface area contributed by atoms with Gasteiger partial charge in [-0.3, -0.25) is 4.99 Å². The fourth-order valence-electron chi connectivity index (χ4n) is 2.33. The molecule has 1 heterocycles. The highest BCUT2D eigenvalue weighted by Crippen LogP contribution is 2.31. The van der Waals surface area contributed by atoms with E-state index in [4.69, 9.17) is 0 Å². The van der Waals surface area contributed by atoms with Gasteiger partial charge < -0.3 is 0 Å². The van der Waals surface area contributed by atoms with E-state index in [2.05, 4.69) is 39.6 Å². The van der Waals surface area contributed by atoms with Crippen molar-refractivity contribution in [2.24, 2.45) is 4.99 Å². The van der Waals surface area contributed by atoms with Gasteiger partial charge in [-0.05, 0) is 68.0 Å². The first-order valence-electron chi connectivity index (χ1n) is 6.38. The smallest absolute Gasteiger partial charge is 0.124 e. The lowest BCUT2D eigenvalue weighted by molar-refractivity contribution is 1.12. The maximum Gasteiger partial charge on any atom is 0.124 e. The van der Waals surface area contributed by atoms with Crippen molar-refractivity contribution in [1.82, 2.24) is 0 Å². The summed E-state index contributed by atoms with van der Waals surface area (Å²) < 4.78 is 1.27. The summed E-state index contributed by atoms with van der Waals surface area (Å²) in [6, 6.07) is 0. The quantitative estimate of drug-likeness (QED) is 0.786. The van der Waals surface area contributed by atoms with Gasteiger partial charge in [-0.25, -0.2) is 0 Å². The minimum absolute atomic E-state index is 0.997. The van der Waals surface area contributed by atoms with Crippen LogP contribution in [0.4, 0.5) is 0 Å². The van der Waals surface area contributed by atoms with Crippen molar-refractivity contribution in [3.8, 4) is 0 Å². The van der Waals surface area contributed by atoms with E-state index in [1.54, 1.807) is 0 Å². The van der Waals surface area contributed by atoms with E-state index in [0.717, 1.165) is 18.1 Å². The number of thioether (sulfide) groups is 2. The molecular formula is C15H21NS2. The van der Waals surface area contributed by atoms with Crippen LogP contribution >= 0.6 is 23.5 Å². The largest absolute Gasteiger partial charge is 0.271 e. The molecule has 0 amide bonds. The van der Waals surface area contributed by atoms with E-state index < -0.39 is 0 Å². The Morgan fingerprint density at radius 1 is 0.944 bits per heavy atom. The maximum atomic E-state index is 4.52. The third-order valence-electron chi connectivity index (χ3n) is 4.05. The van der Waals surface area contributed by atoms with Crippen LogP contribution in [0, 0.1) is 34.6 Å². The molecule has 0 aliphatic carbocycles. The highest BCUT2D eigenvalue weighted by molar-refractivity contribution is 8.38. The molecule has 1 aliphatic heterocycles. The van der Waals surface area contributed by atoms with Crippen molar-refractivity contribution in [2.45, 2.75) is 40.4 Å². The summed E-state index contributed by atoms with van der Waals surface area (Å²) in [7, 11) is 0. The lowest BCUT2D eigenvalue weighted by Gasteiger charge is -2.18. The predicted molar refractivity (Wildman–Crippen MR) is 86.2 cm³/mol. The van der Waals surface area contributed by atoms with E-state index in [1.165, 1.54) is 37.8 Å². The highest BCUT2D eigenvalue weighted by Gasteiger charge is 2.14. The molecule has 1 aliphatic rings. The standard InChI is InChI=1S/C15H21NS2/c1-9-10(2)12(4)14(13(5)11(9)3)8-18-15-16-6-7-17-15/h6-8H2,1-5H3. The Hall–Kier alpha value is -0.410. The lowest BCUT2D eigenvalue weighted by Crippen LogP contribution is -2.02. The molecule has 98 valence electrons. The molecule has 0 radical (unpaired) electrons. The van der Waals surface area contributed by atoms with Crippen LogP contribution in [0.1, 0.15) is 33.4 Å². The first-order chi connectivity index (χ1) is 8.52. The van der Waals surface area contributed by atoms with E-state index in [-0.39, 0.29) is 0 Å². The summed E-state index contributed by atoms with van der Waals surface area (Å²) in [4.78, 5) is 4.52. The first-order valence-corrected chi connectivity index (χ1v) is 8.35. The molecule has 0 spiro atoms. The molecule has 0 unspecified atom stereocenters. The molecule has 0 bridgehead atoms. The van der Waals surface area contributed by atoms with Crippen LogP contribution in [0.2, 0.25) is 0 Å². The zero-order valence-corrected chi connectivity index (χ0v) is 13.5. The number of nitrogens with zero attached hydrogens (tertiary/aromatic N) is 1. The second-order valence-corrected chi connectivity index (χ2v) is 7.19. The van der Waals surface area contributed by atoms with Gasteiger partial charge in [-0.2, -0.15) is 0 Å². The van der Waals surface area contributed by atoms with Crippen LogP contribution in [0.5, 0.6) is 0 Å². The number of hydrogen-bond donors (Lipinski definition) is 0. The van der Waals surface area contributed by atoms with Gasteiger partial charge in [0.15, 0.2) is 0 Å². The van der Waals surface area contributed by atoms with Crippen molar-refractivity contribution >= 4 is 27.9 Å². The molecule has 0 aromatic heterocycles. The maximum absolute atomic E-state index is 4.52. The van der Waals surface area contributed by atoms with Gasteiger partial charge in [0.1, 0.15) is 4.38 Å². The molecule has 0 N–H and O–H groups in total. The summed E-state index contributed by atoms with van der Waals surface area (Å²) in [5, 5.41) is 0. The van der Waals surface area contributed by atoms with Crippen LogP contribution in [0.3, 0.4) is 0 Å². The van der Waals surface area contributed by atoms with E-state index >= 15 is 0 Å². The molecule has 2 rings (SSSR count). The third kappa shape index (κ3) is 2.62. The number of rotatable bonds is 2. The summed E-state index contributed by atoms with van der Waals surface area (Å²) >= 11 is 3.80. The van der Waals surface area contributed by atoms with Crippen molar-refractivity contribution in [1.29, 1.82) is 0 Å². The Bertz CT molecular complexity index is 475. The molecule has 1 aromatic rings. The van der Waals surface area contributed by atoms with Gasteiger partial charge in [0.25, 0.3) is 0 Å². The van der Waals surface area contributed by atoms with Crippen LogP contribution in [-0.2, 0) is 5.75 Å². The Kier molecular flexibility index (Phi) is 4.44.